The molecule has 0 aliphatic carbocycles. The molecule has 136 valence electrons. The zero-order valence-corrected chi connectivity index (χ0v) is 15.2. The summed E-state index contributed by atoms with van der Waals surface area (Å²) in [4.78, 5) is 1.83. The molecule has 0 saturated carbocycles. The molecule has 1 fully saturated rings. The molecule has 1 aromatic rings. The predicted octanol–water partition coefficient (Wildman–Crippen LogP) is 0.849. The van der Waals surface area contributed by atoms with Gasteiger partial charge in [-0.05, 0) is 19.7 Å². The van der Waals surface area contributed by atoms with Gasteiger partial charge in [-0.2, -0.15) is 8.42 Å². The quantitative estimate of drug-likeness (QED) is 0.637. The summed E-state index contributed by atoms with van der Waals surface area (Å²) < 4.78 is 45.3. The van der Waals surface area contributed by atoms with Crippen molar-refractivity contribution in [3.05, 3.63) is 35.9 Å². The molecular formula is C16H25NO6S. The molecule has 1 aromatic carbocycles. The lowest BCUT2D eigenvalue weighted by Crippen LogP contribution is -2.47. The summed E-state index contributed by atoms with van der Waals surface area (Å²) in [5.74, 6) is 0. The smallest absolute Gasteiger partial charge is 0.264 e. The van der Waals surface area contributed by atoms with Crippen LogP contribution in [-0.2, 0) is 35.1 Å². The van der Waals surface area contributed by atoms with Gasteiger partial charge in [0.15, 0.2) is 6.29 Å². The normalized spacial score (nSPS) is 27.7. The van der Waals surface area contributed by atoms with Crippen molar-refractivity contribution < 1.29 is 26.8 Å². The number of hydrogen-bond acceptors (Lipinski definition) is 7. The van der Waals surface area contributed by atoms with Crippen LogP contribution in [0.15, 0.2) is 30.3 Å². The van der Waals surface area contributed by atoms with E-state index in [0.29, 0.717) is 6.61 Å². The monoisotopic (exact) mass is 359 g/mol. The van der Waals surface area contributed by atoms with Crippen molar-refractivity contribution in [3.8, 4) is 0 Å². The molecular weight excluding hydrogens is 334 g/mol. The maximum Gasteiger partial charge on any atom is 0.264 e. The number of rotatable bonds is 8. The first kappa shape index (κ1) is 19.3. The van der Waals surface area contributed by atoms with Crippen LogP contribution in [0.3, 0.4) is 0 Å². The summed E-state index contributed by atoms with van der Waals surface area (Å²) in [6, 6.07) is 9.37. The second kappa shape index (κ2) is 8.37. The molecule has 1 aliphatic rings. The average molecular weight is 359 g/mol. The Morgan fingerprint density at radius 3 is 2.42 bits per heavy atom. The Morgan fingerprint density at radius 2 is 1.88 bits per heavy atom. The maximum atomic E-state index is 11.6. The van der Waals surface area contributed by atoms with Gasteiger partial charge in [-0.25, -0.2) is 0 Å². The van der Waals surface area contributed by atoms with Gasteiger partial charge in [-0.3, -0.25) is 9.08 Å². The van der Waals surface area contributed by atoms with Crippen LogP contribution >= 0.6 is 0 Å². The molecule has 0 N–H and O–H groups in total. The minimum Gasteiger partial charge on any atom is -0.374 e. The van der Waals surface area contributed by atoms with Gasteiger partial charge in [0.05, 0.1) is 25.5 Å². The molecule has 0 spiro atoms. The second-order valence-corrected chi connectivity index (χ2v) is 7.60. The molecule has 1 heterocycles. The Labute approximate surface area is 143 Å². The third-order valence-electron chi connectivity index (χ3n) is 3.80. The van der Waals surface area contributed by atoms with E-state index in [1.165, 1.54) is 7.11 Å². The Balaban J connectivity index is 2.04. The molecule has 0 bridgehead atoms. The molecule has 0 amide bonds. The van der Waals surface area contributed by atoms with E-state index in [9.17, 15) is 8.42 Å². The summed E-state index contributed by atoms with van der Waals surface area (Å²) >= 11 is 0. The van der Waals surface area contributed by atoms with Crippen LogP contribution in [0.4, 0.5) is 0 Å². The molecule has 0 aromatic heterocycles. The number of methoxy groups -OCH3 is 1. The van der Waals surface area contributed by atoms with Crippen molar-refractivity contribution in [1.29, 1.82) is 0 Å². The highest BCUT2D eigenvalue weighted by molar-refractivity contribution is 7.86. The molecule has 8 heteroatoms. The minimum absolute atomic E-state index is 0.208. The molecule has 1 aliphatic heterocycles. The van der Waals surface area contributed by atoms with E-state index in [1.54, 1.807) is 0 Å². The van der Waals surface area contributed by atoms with Crippen LogP contribution < -0.4 is 0 Å². The Kier molecular flexibility index (Phi) is 6.73. The van der Waals surface area contributed by atoms with Gasteiger partial charge in [0, 0.05) is 7.11 Å². The van der Waals surface area contributed by atoms with Gasteiger partial charge in [-0.15, -0.1) is 0 Å². The molecule has 7 nitrogen and oxygen atoms in total. The fourth-order valence-corrected chi connectivity index (χ4v) is 3.40. The molecule has 4 atom stereocenters. The Morgan fingerprint density at radius 1 is 1.21 bits per heavy atom. The summed E-state index contributed by atoms with van der Waals surface area (Å²) in [5.41, 5.74) is 1.03. The molecule has 0 unspecified atom stereocenters. The molecule has 24 heavy (non-hydrogen) atoms. The second-order valence-electron chi connectivity index (χ2n) is 6.00. The summed E-state index contributed by atoms with van der Waals surface area (Å²) in [6.07, 6.45) is -0.796. The highest BCUT2D eigenvalue weighted by Crippen LogP contribution is 2.29. The fraction of sp³-hybridized carbons (Fsp3) is 0.625. The standard InChI is InChI=1S/C16H25NO6S/c1-17(2)14-15(23-24(4,18)19)13(22-16(14)20-3)11-21-10-12-8-6-5-7-9-12/h5-9,13-16H,10-11H2,1-4H3/t13-,14+,15-,16-/m1/s1. The minimum atomic E-state index is -3.63. The van der Waals surface area contributed by atoms with Crippen LogP contribution in [-0.4, -0.2) is 71.9 Å². The van der Waals surface area contributed by atoms with E-state index < -0.39 is 28.6 Å². The van der Waals surface area contributed by atoms with Gasteiger partial charge < -0.3 is 14.2 Å². The molecule has 0 radical (unpaired) electrons. The Bertz CT molecular complexity index is 606. The van der Waals surface area contributed by atoms with Crippen molar-refractivity contribution in [2.24, 2.45) is 0 Å². The zero-order valence-electron chi connectivity index (χ0n) is 14.4. The number of benzene rings is 1. The maximum absolute atomic E-state index is 11.6. The van der Waals surface area contributed by atoms with E-state index >= 15 is 0 Å². The number of ether oxygens (including phenoxy) is 3. The van der Waals surface area contributed by atoms with Crippen molar-refractivity contribution in [1.82, 2.24) is 4.90 Å². The highest BCUT2D eigenvalue weighted by Gasteiger charge is 2.48. The first-order valence-electron chi connectivity index (χ1n) is 7.66. The molecule has 1 saturated heterocycles. The fourth-order valence-electron chi connectivity index (χ4n) is 2.76. The summed E-state index contributed by atoms with van der Waals surface area (Å²) in [5, 5.41) is 0. The summed E-state index contributed by atoms with van der Waals surface area (Å²) in [7, 11) is 1.54. The number of likely N-dealkylation sites (N-methyl/N-ethyl adjacent to an activating group) is 1. The van der Waals surface area contributed by atoms with E-state index in [4.69, 9.17) is 18.4 Å². The topological polar surface area (TPSA) is 74.3 Å². The summed E-state index contributed by atoms with van der Waals surface area (Å²) in [6.45, 7) is 0.621. The average Bonchev–Trinajstić information content (AvgIpc) is 2.84. The van der Waals surface area contributed by atoms with Crippen molar-refractivity contribution in [2.45, 2.75) is 31.1 Å². The van der Waals surface area contributed by atoms with Gasteiger partial charge in [0.1, 0.15) is 12.2 Å². The first-order valence-corrected chi connectivity index (χ1v) is 9.48. The van der Waals surface area contributed by atoms with Crippen molar-refractivity contribution in [2.75, 3.05) is 34.1 Å². The van der Waals surface area contributed by atoms with Crippen LogP contribution in [0.2, 0.25) is 0 Å². The third-order valence-corrected chi connectivity index (χ3v) is 4.37. The van der Waals surface area contributed by atoms with E-state index in [2.05, 4.69) is 0 Å². The number of nitrogens with zero attached hydrogens (tertiary/aromatic N) is 1. The zero-order chi connectivity index (χ0) is 17.7. The lowest BCUT2D eigenvalue weighted by atomic mass is 10.1. The molecule has 2 rings (SSSR count). The van der Waals surface area contributed by atoms with Crippen LogP contribution in [0.5, 0.6) is 0 Å². The van der Waals surface area contributed by atoms with Gasteiger partial charge in [0.2, 0.25) is 0 Å². The lowest BCUT2D eigenvalue weighted by molar-refractivity contribution is -0.145. The van der Waals surface area contributed by atoms with Crippen LogP contribution in [0.25, 0.3) is 0 Å². The van der Waals surface area contributed by atoms with Crippen LogP contribution in [0.1, 0.15) is 5.56 Å². The van der Waals surface area contributed by atoms with Gasteiger partial charge in [0.25, 0.3) is 10.1 Å². The SMILES string of the molecule is CO[C@@H]1O[C@H](COCc2ccccc2)[C@@H](OS(C)(=O)=O)[C@@H]1N(C)C. The largest absolute Gasteiger partial charge is 0.374 e. The van der Waals surface area contributed by atoms with E-state index in [-0.39, 0.29) is 12.6 Å². The lowest BCUT2D eigenvalue weighted by Gasteiger charge is -2.28. The first-order chi connectivity index (χ1) is 11.3. The van der Waals surface area contributed by atoms with E-state index in [0.717, 1.165) is 11.8 Å². The Hall–Kier alpha value is -1.03. The van der Waals surface area contributed by atoms with Gasteiger partial charge in [-0.1, -0.05) is 30.3 Å². The third kappa shape index (κ3) is 5.23. The van der Waals surface area contributed by atoms with Crippen molar-refractivity contribution >= 4 is 10.1 Å². The highest BCUT2D eigenvalue weighted by atomic mass is 32.2. The van der Waals surface area contributed by atoms with E-state index in [1.807, 2.05) is 49.3 Å². The van der Waals surface area contributed by atoms with Gasteiger partial charge >= 0.3 is 0 Å². The van der Waals surface area contributed by atoms with Crippen molar-refractivity contribution in [3.63, 3.8) is 0 Å². The predicted molar refractivity (Wildman–Crippen MR) is 89.0 cm³/mol. The number of hydrogen-bond donors (Lipinski definition) is 0. The van der Waals surface area contributed by atoms with Crippen LogP contribution in [0, 0.1) is 0 Å².